The molecular formula is C30H45BN2O2. The maximum Gasteiger partial charge on any atom is 0.0675 e. The largest absolute Gasteiger partial charge is 0.893 e. The van der Waals surface area contributed by atoms with Crippen molar-refractivity contribution in [3.05, 3.63) is 108 Å². The van der Waals surface area contributed by atoms with Gasteiger partial charge in [-0.2, -0.15) is 0 Å². The number of nitrogens with zero attached hydrogens (tertiary/aromatic N) is 2. The molecule has 190 valence electrons. The van der Waals surface area contributed by atoms with Gasteiger partial charge < -0.3 is 19.0 Å². The van der Waals surface area contributed by atoms with Crippen LogP contribution in [0.25, 0.3) is 0 Å². The van der Waals surface area contributed by atoms with Gasteiger partial charge in [-0.3, -0.25) is 0 Å². The van der Waals surface area contributed by atoms with Crippen LogP contribution in [0.4, 0.5) is 0 Å². The van der Waals surface area contributed by atoms with E-state index in [0.717, 1.165) is 15.4 Å². The molecule has 0 saturated heterocycles. The number of benzene rings is 3. The average molecular weight is 477 g/mol. The lowest BCUT2D eigenvalue weighted by atomic mass is 9.65. The van der Waals surface area contributed by atoms with Crippen LogP contribution in [0.2, 0.25) is 6.32 Å². The van der Waals surface area contributed by atoms with Crippen molar-refractivity contribution in [3.63, 3.8) is 0 Å². The van der Waals surface area contributed by atoms with Crippen LogP contribution in [0.15, 0.2) is 91.0 Å². The highest BCUT2D eigenvalue weighted by atomic mass is 16.4. The number of quaternary nitrogens is 2. The zero-order valence-electron chi connectivity index (χ0n) is 23.1. The van der Waals surface area contributed by atoms with Crippen molar-refractivity contribution >= 4 is 7.12 Å². The summed E-state index contributed by atoms with van der Waals surface area (Å²) in [4.78, 5) is 0. The van der Waals surface area contributed by atoms with Gasteiger partial charge in [0, 0.05) is 5.41 Å². The summed E-state index contributed by atoms with van der Waals surface area (Å²) in [5.41, 5.74) is 3.18. The van der Waals surface area contributed by atoms with Crippen LogP contribution in [-0.2, 0) is 5.41 Å². The Morgan fingerprint density at radius 3 is 1.03 bits per heavy atom. The second kappa shape index (κ2) is 14.2. The van der Waals surface area contributed by atoms with Crippen molar-refractivity contribution in [2.24, 2.45) is 0 Å². The second-order valence-electron chi connectivity index (χ2n) is 11.7. The normalized spacial score (nSPS) is 11.5. The summed E-state index contributed by atoms with van der Waals surface area (Å²) in [6, 6.07) is 31.1. The molecule has 3 aromatic carbocycles. The van der Waals surface area contributed by atoms with Gasteiger partial charge in [0.25, 0.3) is 0 Å². The average Bonchev–Trinajstić information content (AvgIpc) is 2.76. The molecule has 4 nitrogen and oxygen atoms in total. The minimum Gasteiger partial charge on any atom is -0.893 e. The van der Waals surface area contributed by atoms with Gasteiger partial charge in [0.2, 0.25) is 0 Å². The fourth-order valence-electron chi connectivity index (χ4n) is 3.63. The van der Waals surface area contributed by atoms with Crippen LogP contribution in [-0.4, -0.2) is 72.5 Å². The summed E-state index contributed by atoms with van der Waals surface area (Å²) in [6.45, 7) is 0. The molecule has 0 bridgehead atoms. The van der Waals surface area contributed by atoms with E-state index in [1.807, 2.05) is 54.6 Å². The summed E-state index contributed by atoms with van der Waals surface area (Å²) in [6.07, 6.45) is 1.47. The van der Waals surface area contributed by atoms with Crippen molar-refractivity contribution in [1.29, 1.82) is 0 Å². The minimum atomic E-state index is -1.76. The highest BCUT2D eigenvalue weighted by molar-refractivity contribution is 6.36. The third-order valence-electron chi connectivity index (χ3n) is 4.79. The van der Waals surface area contributed by atoms with Gasteiger partial charge in [0.1, 0.15) is 0 Å². The zero-order valence-corrected chi connectivity index (χ0v) is 23.1. The van der Waals surface area contributed by atoms with Crippen LogP contribution < -0.4 is 10.0 Å². The van der Waals surface area contributed by atoms with Gasteiger partial charge >= 0.3 is 0 Å². The molecule has 0 heterocycles. The quantitative estimate of drug-likeness (QED) is 0.297. The van der Waals surface area contributed by atoms with Gasteiger partial charge in [-0.05, 0) is 23.1 Å². The maximum atomic E-state index is 11.1. The van der Waals surface area contributed by atoms with E-state index in [0.29, 0.717) is 6.42 Å². The summed E-state index contributed by atoms with van der Waals surface area (Å²) in [5.74, 6) is 0. The van der Waals surface area contributed by atoms with Crippen molar-refractivity contribution in [2.75, 3.05) is 56.4 Å². The molecule has 3 rings (SSSR count). The molecule has 0 fully saturated rings. The molecule has 0 aromatic heterocycles. The van der Waals surface area contributed by atoms with Crippen LogP contribution in [0.3, 0.4) is 0 Å². The van der Waals surface area contributed by atoms with E-state index >= 15 is 0 Å². The third kappa shape index (κ3) is 12.7. The predicted molar refractivity (Wildman–Crippen MR) is 147 cm³/mol. The predicted octanol–water partition coefficient (Wildman–Crippen LogP) is 3.65. The third-order valence-corrected chi connectivity index (χ3v) is 4.79. The summed E-state index contributed by atoms with van der Waals surface area (Å²) >= 11 is 0. The molecule has 0 unspecified atom stereocenters. The Labute approximate surface area is 214 Å². The number of hydrogen-bond donors (Lipinski definition) is 0. The zero-order chi connectivity index (χ0) is 26.5. The van der Waals surface area contributed by atoms with Gasteiger partial charge in [0.05, 0.1) is 56.4 Å². The standard InChI is InChI=1S/C22H21BO2.2C4H12N/c24-23(25)18-10-17-22(19-11-4-1-5-12-19,20-13-6-2-7-14-20)21-15-8-3-9-16-21;2*1-5(2,3)4/h1-9,11-16H,10,17-18H2;2*1-4H3/q-2;2*+1. The summed E-state index contributed by atoms with van der Waals surface area (Å²) in [5, 5.41) is 22.1. The monoisotopic (exact) mass is 476 g/mol. The molecule has 0 aliphatic heterocycles. The molecule has 0 aliphatic rings. The van der Waals surface area contributed by atoms with Crippen molar-refractivity contribution < 1.29 is 19.0 Å². The Bertz CT molecular complexity index is 814. The van der Waals surface area contributed by atoms with E-state index in [1.165, 1.54) is 16.7 Å². The van der Waals surface area contributed by atoms with Crippen molar-refractivity contribution in [2.45, 2.75) is 24.6 Å². The first-order valence-electron chi connectivity index (χ1n) is 12.3. The van der Waals surface area contributed by atoms with E-state index in [4.69, 9.17) is 0 Å². The van der Waals surface area contributed by atoms with E-state index in [1.54, 1.807) is 0 Å². The van der Waals surface area contributed by atoms with Gasteiger partial charge in [0.15, 0.2) is 0 Å². The van der Waals surface area contributed by atoms with Crippen LogP contribution in [0.5, 0.6) is 0 Å². The van der Waals surface area contributed by atoms with Crippen LogP contribution in [0.1, 0.15) is 29.5 Å². The van der Waals surface area contributed by atoms with E-state index < -0.39 is 7.12 Å². The highest BCUT2D eigenvalue weighted by Crippen LogP contribution is 2.43. The fourth-order valence-corrected chi connectivity index (χ4v) is 3.63. The Hall–Kier alpha value is -2.44. The molecule has 0 spiro atoms. The van der Waals surface area contributed by atoms with Crippen LogP contribution >= 0.6 is 0 Å². The molecule has 0 saturated carbocycles. The van der Waals surface area contributed by atoms with Gasteiger partial charge in [-0.25, -0.2) is 0 Å². The number of hydrogen-bond acceptors (Lipinski definition) is 2. The van der Waals surface area contributed by atoms with E-state index in [-0.39, 0.29) is 11.7 Å². The summed E-state index contributed by atoms with van der Waals surface area (Å²) < 4.78 is 2.00. The second-order valence-corrected chi connectivity index (χ2v) is 11.7. The molecule has 0 amide bonds. The fraction of sp³-hybridized carbons (Fsp3) is 0.400. The van der Waals surface area contributed by atoms with Crippen molar-refractivity contribution in [3.8, 4) is 0 Å². The lowest BCUT2D eigenvalue weighted by molar-refractivity contribution is -0.849. The molecule has 5 heteroatoms. The lowest BCUT2D eigenvalue weighted by Gasteiger charge is -2.37. The highest BCUT2D eigenvalue weighted by Gasteiger charge is 2.35. The molecule has 0 radical (unpaired) electrons. The Morgan fingerprint density at radius 1 is 0.543 bits per heavy atom. The topological polar surface area (TPSA) is 46.1 Å². The minimum absolute atomic E-state index is 0.147. The number of rotatable bonds is 7. The van der Waals surface area contributed by atoms with Gasteiger partial charge in [-0.1, -0.05) is 97.4 Å². The molecule has 35 heavy (non-hydrogen) atoms. The first kappa shape index (κ1) is 30.6. The van der Waals surface area contributed by atoms with Crippen molar-refractivity contribution in [1.82, 2.24) is 0 Å². The lowest BCUT2D eigenvalue weighted by Crippen LogP contribution is -2.44. The molecule has 0 atom stereocenters. The molecule has 3 aromatic rings. The SMILES string of the molecule is C[N+](C)(C)C.C[N+](C)(C)C.[O-]B([O-])CCCC(c1ccccc1)(c1ccccc1)c1ccccc1. The van der Waals surface area contributed by atoms with E-state index in [2.05, 4.69) is 92.8 Å². The Morgan fingerprint density at radius 2 is 0.800 bits per heavy atom. The molecule has 0 N–H and O–H groups in total. The van der Waals surface area contributed by atoms with Crippen LogP contribution in [0, 0.1) is 0 Å². The first-order chi connectivity index (χ1) is 16.2. The first-order valence-corrected chi connectivity index (χ1v) is 12.3. The van der Waals surface area contributed by atoms with E-state index in [9.17, 15) is 10.0 Å². The molecular weight excluding hydrogens is 431 g/mol. The smallest absolute Gasteiger partial charge is 0.0675 e. The molecule has 0 aliphatic carbocycles. The Kier molecular flexibility index (Phi) is 12.4. The maximum absolute atomic E-state index is 11.1. The van der Waals surface area contributed by atoms with Gasteiger partial charge in [-0.15, -0.1) is 13.4 Å². The Balaban J connectivity index is 0.000000519. The summed E-state index contributed by atoms with van der Waals surface area (Å²) in [7, 11) is 15.2.